The number of nitrogens with two attached hydrogens (primary N) is 1. The molecular weight excluding hydrogens is 456 g/mol. The van der Waals surface area contributed by atoms with Crippen LogP contribution < -0.4 is 15.8 Å². The van der Waals surface area contributed by atoms with E-state index in [0.717, 1.165) is 42.7 Å². The van der Waals surface area contributed by atoms with Crippen molar-refractivity contribution in [1.29, 1.82) is 5.41 Å². The SMILES string of the molecule is CSc1sc(C(=N)N)cc1-c1csc(Nc2ccc(Oc3ccc(Cl)cc3)cc2)n1. The number of amidine groups is 1. The van der Waals surface area contributed by atoms with E-state index in [1.165, 1.54) is 22.7 Å². The van der Waals surface area contributed by atoms with Gasteiger partial charge in [0.1, 0.15) is 17.3 Å². The third kappa shape index (κ3) is 4.79. The second kappa shape index (κ2) is 9.09. The van der Waals surface area contributed by atoms with Gasteiger partial charge in [0, 0.05) is 21.7 Å². The molecular formula is C21H17ClN4OS3. The highest BCUT2D eigenvalue weighted by Crippen LogP contribution is 2.39. The summed E-state index contributed by atoms with van der Waals surface area (Å²) in [6, 6.07) is 16.9. The molecule has 2 aromatic heterocycles. The Hall–Kier alpha value is -2.52. The van der Waals surface area contributed by atoms with Crippen molar-refractivity contribution in [3.05, 3.63) is 69.9 Å². The summed E-state index contributed by atoms with van der Waals surface area (Å²) in [5.74, 6) is 1.55. The van der Waals surface area contributed by atoms with Gasteiger partial charge in [0.05, 0.1) is 14.8 Å². The van der Waals surface area contributed by atoms with E-state index in [1.807, 2.05) is 54.1 Å². The largest absolute Gasteiger partial charge is 0.457 e. The standard InChI is InChI=1S/C21H17ClN4OS3/c1-28-20-16(10-18(30-20)19(23)24)17-11-29-21(26-17)25-13-4-8-15(9-5-13)27-14-6-2-12(22)3-7-14/h2-11H,1H3,(H3,23,24)(H,25,26). The van der Waals surface area contributed by atoms with Gasteiger partial charge in [-0.25, -0.2) is 4.98 Å². The second-order valence-electron chi connectivity index (χ2n) is 6.17. The van der Waals surface area contributed by atoms with Gasteiger partial charge in [-0.05, 0) is 60.9 Å². The fraction of sp³-hybridized carbons (Fsp3) is 0.0476. The highest BCUT2D eigenvalue weighted by molar-refractivity contribution is 8.00. The van der Waals surface area contributed by atoms with Gasteiger partial charge in [0.25, 0.3) is 0 Å². The van der Waals surface area contributed by atoms with Crippen LogP contribution >= 0.6 is 46.0 Å². The number of hydrogen-bond acceptors (Lipinski definition) is 7. The lowest BCUT2D eigenvalue weighted by Gasteiger charge is -2.07. The first kappa shape index (κ1) is 20.7. The average molecular weight is 473 g/mol. The normalized spacial score (nSPS) is 10.7. The molecule has 152 valence electrons. The van der Waals surface area contributed by atoms with E-state index >= 15 is 0 Å². The Kier molecular flexibility index (Phi) is 6.29. The first-order valence-electron chi connectivity index (χ1n) is 8.80. The third-order valence-electron chi connectivity index (χ3n) is 4.08. The molecule has 5 nitrogen and oxygen atoms in total. The molecule has 0 radical (unpaired) electrons. The molecule has 4 N–H and O–H groups in total. The Morgan fingerprint density at radius 3 is 2.43 bits per heavy atom. The molecule has 0 aliphatic carbocycles. The summed E-state index contributed by atoms with van der Waals surface area (Å²) in [5.41, 5.74) is 8.44. The van der Waals surface area contributed by atoms with Crippen molar-refractivity contribution in [2.45, 2.75) is 4.21 Å². The van der Waals surface area contributed by atoms with Crippen LogP contribution in [0.25, 0.3) is 11.3 Å². The van der Waals surface area contributed by atoms with Crippen LogP contribution in [0.4, 0.5) is 10.8 Å². The Morgan fingerprint density at radius 1 is 1.13 bits per heavy atom. The third-order valence-corrected chi connectivity index (χ3v) is 7.40. The van der Waals surface area contributed by atoms with Gasteiger partial charge in [-0.1, -0.05) is 11.6 Å². The zero-order valence-corrected chi connectivity index (χ0v) is 19.0. The minimum Gasteiger partial charge on any atom is -0.457 e. The molecule has 0 spiro atoms. The minimum atomic E-state index is 0.0797. The lowest BCUT2D eigenvalue weighted by atomic mass is 10.2. The first-order valence-corrected chi connectivity index (χ1v) is 12.1. The van der Waals surface area contributed by atoms with Crippen LogP contribution in [0.3, 0.4) is 0 Å². The van der Waals surface area contributed by atoms with Crippen LogP contribution in [0.1, 0.15) is 4.88 Å². The monoisotopic (exact) mass is 472 g/mol. The predicted octanol–water partition coefficient (Wildman–Crippen LogP) is 7.07. The summed E-state index contributed by atoms with van der Waals surface area (Å²) >= 11 is 10.6. The van der Waals surface area contributed by atoms with Crippen LogP contribution in [0.2, 0.25) is 5.02 Å². The first-order chi connectivity index (χ1) is 14.5. The number of nitrogens with one attached hydrogen (secondary N) is 2. The Balaban J connectivity index is 1.46. The van der Waals surface area contributed by atoms with Crippen molar-refractivity contribution in [3.63, 3.8) is 0 Å². The number of thiazole rings is 1. The number of halogens is 1. The van der Waals surface area contributed by atoms with E-state index in [1.54, 1.807) is 23.9 Å². The summed E-state index contributed by atoms with van der Waals surface area (Å²) in [6.07, 6.45) is 2.01. The molecule has 0 fully saturated rings. The molecule has 0 aliphatic rings. The topological polar surface area (TPSA) is 84.0 Å². The molecule has 0 saturated heterocycles. The maximum absolute atomic E-state index is 7.67. The summed E-state index contributed by atoms with van der Waals surface area (Å²) in [7, 11) is 0. The molecule has 30 heavy (non-hydrogen) atoms. The highest BCUT2D eigenvalue weighted by atomic mass is 35.5. The molecule has 0 bridgehead atoms. The maximum atomic E-state index is 7.67. The van der Waals surface area contributed by atoms with Gasteiger partial charge in [-0.15, -0.1) is 34.4 Å². The van der Waals surface area contributed by atoms with E-state index in [4.69, 9.17) is 32.5 Å². The number of aromatic nitrogens is 1. The van der Waals surface area contributed by atoms with Crippen LogP contribution in [0, 0.1) is 5.41 Å². The number of thioether (sulfide) groups is 1. The number of rotatable bonds is 7. The van der Waals surface area contributed by atoms with Gasteiger partial charge in [0.15, 0.2) is 5.13 Å². The maximum Gasteiger partial charge on any atom is 0.187 e. The van der Waals surface area contributed by atoms with Crippen molar-refractivity contribution in [2.24, 2.45) is 5.73 Å². The summed E-state index contributed by atoms with van der Waals surface area (Å²) in [5, 5.41) is 14.5. The van der Waals surface area contributed by atoms with Gasteiger partial charge < -0.3 is 15.8 Å². The van der Waals surface area contributed by atoms with Gasteiger partial charge in [-0.2, -0.15) is 0 Å². The fourth-order valence-electron chi connectivity index (χ4n) is 2.66. The zero-order valence-electron chi connectivity index (χ0n) is 15.8. The van der Waals surface area contributed by atoms with E-state index in [2.05, 4.69) is 5.32 Å². The predicted molar refractivity (Wildman–Crippen MR) is 129 cm³/mol. The molecule has 2 aromatic carbocycles. The molecule has 0 aliphatic heterocycles. The molecule has 9 heteroatoms. The van der Waals surface area contributed by atoms with Crippen LogP contribution in [0.5, 0.6) is 11.5 Å². The quantitative estimate of drug-likeness (QED) is 0.152. The second-order valence-corrected chi connectivity index (χ2v) is 9.59. The van der Waals surface area contributed by atoms with Gasteiger partial charge in [0.2, 0.25) is 0 Å². The van der Waals surface area contributed by atoms with Crippen molar-refractivity contribution in [1.82, 2.24) is 4.98 Å². The van der Waals surface area contributed by atoms with E-state index in [-0.39, 0.29) is 5.84 Å². The van der Waals surface area contributed by atoms with Crippen molar-refractivity contribution in [2.75, 3.05) is 11.6 Å². The smallest absolute Gasteiger partial charge is 0.187 e. The van der Waals surface area contributed by atoms with Crippen LogP contribution in [-0.4, -0.2) is 17.1 Å². The summed E-state index contributed by atoms with van der Waals surface area (Å²) in [6.45, 7) is 0. The molecule has 0 atom stereocenters. The average Bonchev–Trinajstić information content (AvgIpc) is 3.38. The lowest BCUT2D eigenvalue weighted by Crippen LogP contribution is -2.08. The minimum absolute atomic E-state index is 0.0797. The van der Waals surface area contributed by atoms with Crippen molar-refractivity contribution >= 4 is 62.7 Å². The van der Waals surface area contributed by atoms with E-state index < -0.39 is 0 Å². The van der Waals surface area contributed by atoms with Crippen molar-refractivity contribution in [3.8, 4) is 22.8 Å². The number of nitrogen functional groups attached to an aromatic ring is 1. The highest BCUT2D eigenvalue weighted by Gasteiger charge is 2.15. The molecule has 2 heterocycles. The van der Waals surface area contributed by atoms with Crippen molar-refractivity contribution < 1.29 is 4.74 Å². The van der Waals surface area contributed by atoms with Crippen LogP contribution in [0.15, 0.2) is 64.2 Å². The Labute approximate surface area is 191 Å². The summed E-state index contributed by atoms with van der Waals surface area (Å²) in [4.78, 5) is 5.46. The van der Waals surface area contributed by atoms with E-state index in [0.29, 0.717) is 5.02 Å². The molecule has 0 amide bonds. The van der Waals surface area contributed by atoms with Crippen LogP contribution in [-0.2, 0) is 0 Å². The number of ether oxygens (including phenoxy) is 1. The number of thiophene rings is 1. The van der Waals surface area contributed by atoms with E-state index in [9.17, 15) is 0 Å². The number of anilines is 2. The van der Waals surface area contributed by atoms with Gasteiger partial charge >= 0.3 is 0 Å². The molecule has 4 aromatic rings. The number of nitrogens with zero attached hydrogens (tertiary/aromatic N) is 1. The molecule has 0 unspecified atom stereocenters. The number of hydrogen-bond donors (Lipinski definition) is 3. The zero-order chi connectivity index (χ0) is 21.1. The number of benzene rings is 2. The summed E-state index contributed by atoms with van der Waals surface area (Å²) < 4.78 is 6.92. The molecule has 4 rings (SSSR count). The Morgan fingerprint density at radius 2 is 1.80 bits per heavy atom. The fourth-order valence-corrected chi connectivity index (χ4v) is 5.26. The Bertz CT molecular complexity index is 1170. The van der Waals surface area contributed by atoms with Gasteiger partial charge in [-0.3, -0.25) is 5.41 Å². The lowest BCUT2D eigenvalue weighted by molar-refractivity contribution is 0.483. The molecule has 0 saturated carbocycles.